The van der Waals surface area contributed by atoms with Crippen molar-refractivity contribution in [3.05, 3.63) is 29.8 Å². The third-order valence-electron chi connectivity index (χ3n) is 5.39. The molecule has 3 atom stereocenters. The summed E-state index contributed by atoms with van der Waals surface area (Å²) < 4.78 is 11.0. The summed E-state index contributed by atoms with van der Waals surface area (Å²) in [5.74, 6) is -2.04. The van der Waals surface area contributed by atoms with Gasteiger partial charge in [0.15, 0.2) is 0 Å². The van der Waals surface area contributed by atoms with Crippen molar-refractivity contribution in [3.8, 4) is 5.75 Å². The number of carbonyl (C=O) groups excluding carboxylic acids is 3. The van der Waals surface area contributed by atoms with Crippen LogP contribution in [0.15, 0.2) is 24.3 Å². The van der Waals surface area contributed by atoms with Gasteiger partial charge in [0.2, 0.25) is 11.8 Å². The van der Waals surface area contributed by atoms with Gasteiger partial charge in [0.25, 0.3) is 0 Å². The Balaban J connectivity index is 2.28. The SMILES string of the molecule is CC(C)[C@@H]1NC(=O)[C@H](NC(=O)OC(C)(C)C)CCCCOc2ccc(cc2)C[C@@H](C(=O)O)NC1=O. The molecule has 4 N–H and O–H groups in total. The highest BCUT2D eigenvalue weighted by molar-refractivity contribution is 5.93. The highest BCUT2D eigenvalue weighted by Crippen LogP contribution is 2.16. The van der Waals surface area contributed by atoms with Crippen molar-refractivity contribution in [1.29, 1.82) is 0 Å². The van der Waals surface area contributed by atoms with E-state index in [-0.39, 0.29) is 12.3 Å². The van der Waals surface area contributed by atoms with E-state index in [4.69, 9.17) is 9.47 Å². The second kappa shape index (κ2) is 12.4. The molecule has 0 fully saturated rings. The average Bonchev–Trinajstić information content (AvgIpc) is 2.74. The molecule has 35 heavy (non-hydrogen) atoms. The second-order valence-electron chi connectivity index (χ2n) is 10.0. The van der Waals surface area contributed by atoms with Crippen LogP contribution in [0.5, 0.6) is 5.75 Å². The number of hydrogen-bond donors (Lipinski definition) is 4. The number of carboxylic acids is 1. The average molecular weight is 492 g/mol. The highest BCUT2D eigenvalue weighted by atomic mass is 16.6. The lowest BCUT2D eigenvalue weighted by Gasteiger charge is -2.27. The number of benzene rings is 1. The van der Waals surface area contributed by atoms with Crippen molar-refractivity contribution < 1.29 is 33.8 Å². The zero-order valence-electron chi connectivity index (χ0n) is 21.1. The van der Waals surface area contributed by atoms with Gasteiger partial charge >= 0.3 is 12.1 Å². The molecule has 2 heterocycles. The Kier molecular flexibility index (Phi) is 9.91. The quantitative estimate of drug-likeness (QED) is 0.508. The predicted octanol–water partition coefficient (Wildman–Crippen LogP) is 2.40. The first-order chi connectivity index (χ1) is 16.4. The van der Waals surface area contributed by atoms with E-state index in [1.165, 1.54) is 0 Å². The van der Waals surface area contributed by atoms with E-state index in [1.807, 2.05) is 0 Å². The monoisotopic (exact) mass is 491 g/mol. The van der Waals surface area contributed by atoms with Crippen LogP contribution in [0, 0.1) is 5.92 Å². The van der Waals surface area contributed by atoms with Crippen LogP contribution < -0.4 is 20.7 Å². The molecule has 0 aliphatic carbocycles. The third kappa shape index (κ3) is 9.46. The van der Waals surface area contributed by atoms with Crippen LogP contribution in [-0.2, 0) is 25.5 Å². The molecule has 3 rings (SSSR count). The van der Waals surface area contributed by atoms with Gasteiger partial charge in [-0.25, -0.2) is 9.59 Å². The smallest absolute Gasteiger partial charge is 0.408 e. The molecule has 0 radical (unpaired) electrons. The number of rotatable bonds is 3. The summed E-state index contributed by atoms with van der Waals surface area (Å²) in [7, 11) is 0. The van der Waals surface area contributed by atoms with Crippen molar-refractivity contribution in [2.45, 2.75) is 84.0 Å². The normalized spacial score (nSPS) is 22.4. The minimum Gasteiger partial charge on any atom is -0.494 e. The second-order valence-corrected chi connectivity index (χ2v) is 10.0. The molecule has 2 aliphatic heterocycles. The fraction of sp³-hybridized carbons (Fsp3) is 0.600. The lowest BCUT2D eigenvalue weighted by molar-refractivity contribution is -0.142. The fourth-order valence-corrected chi connectivity index (χ4v) is 3.57. The Morgan fingerprint density at radius 2 is 1.74 bits per heavy atom. The van der Waals surface area contributed by atoms with Crippen LogP contribution >= 0.6 is 0 Å². The van der Waals surface area contributed by atoms with Crippen LogP contribution in [0.4, 0.5) is 4.79 Å². The number of amides is 3. The standard InChI is InChI=1S/C25H37N3O7/c1-15(2)20-22(30)26-19(23(31)32)14-16-9-11-17(12-10-16)34-13-7-6-8-18(21(29)28-20)27-24(33)35-25(3,4)5/h9-12,15,18-20H,6-8,13-14H2,1-5H3,(H,26,30)(H,27,33)(H,28,29)(H,31,32)/t18-,19+,20+/m1/s1. The van der Waals surface area contributed by atoms with Crippen LogP contribution in [0.25, 0.3) is 0 Å². The minimum absolute atomic E-state index is 0.0724. The first-order valence-electron chi connectivity index (χ1n) is 11.9. The van der Waals surface area contributed by atoms with Crippen molar-refractivity contribution in [3.63, 3.8) is 0 Å². The molecule has 1 aromatic carbocycles. The van der Waals surface area contributed by atoms with Crippen molar-refractivity contribution in [2.75, 3.05) is 6.61 Å². The van der Waals surface area contributed by atoms with Crippen molar-refractivity contribution >= 4 is 23.9 Å². The molecule has 10 heteroatoms. The molecule has 0 saturated heterocycles. The van der Waals surface area contributed by atoms with Gasteiger partial charge in [0, 0.05) is 6.42 Å². The zero-order valence-corrected chi connectivity index (χ0v) is 21.1. The molecule has 2 aliphatic rings. The topological polar surface area (TPSA) is 143 Å². The molecule has 1 aromatic rings. The Labute approximate surface area is 206 Å². The first-order valence-corrected chi connectivity index (χ1v) is 11.9. The van der Waals surface area contributed by atoms with Crippen LogP contribution in [0.1, 0.15) is 59.4 Å². The Hall–Kier alpha value is -3.30. The van der Waals surface area contributed by atoms with E-state index >= 15 is 0 Å². The first kappa shape index (κ1) is 27.9. The zero-order chi connectivity index (χ0) is 26.2. The van der Waals surface area contributed by atoms with Crippen LogP contribution in [-0.4, -0.2) is 59.3 Å². The molecule has 3 amide bonds. The number of fused-ring (bicyclic) bond motifs is 14. The summed E-state index contributed by atoms with van der Waals surface area (Å²) in [4.78, 5) is 50.3. The molecule has 0 unspecified atom stereocenters. The lowest BCUT2D eigenvalue weighted by Crippen LogP contribution is -2.57. The molecule has 2 bridgehead atoms. The van der Waals surface area contributed by atoms with Gasteiger partial charge in [0.05, 0.1) is 6.61 Å². The molecular weight excluding hydrogens is 454 g/mol. The third-order valence-corrected chi connectivity index (χ3v) is 5.39. The highest BCUT2D eigenvalue weighted by Gasteiger charge is 2.32. The maximum Gasteiger partial charge on any atom is 0.408 e. The Bertz CT molecular complexity index is 893. The predicted molar refractivity (Wildman–Crippen MR) is 129 cm³/mol. The summed E-state index contributed by atoms with van der Waals surface area (Å²) >= 11 is 0. The molecule has 0 aromatic heterocycles. The number of nitrogens with one attached hydrogen (secondary N) is 3. The van der Waals surface area contributed by atoms with E-state index in [0.717, 1.165) is 5.56 Å². The van der Waals surface area contributed by atoms with E-state index in [0.29, 0.717) is 31.6 Å². The van der Waals surface area contributed by atoms with E-state index in [9.17, 15) is 24.3 Å². The Morgan fingerprint density at radius 1 is 1.09 bits per heavy atom. The molecular formula is C25H37N3O7. The van der Waals surface area contributed by atoms with Crippen molar-refractivity contribution in [2.24, 2.45) is 5.92 Å². The van der Waals surface area contributed by atoms with Gasteiger partial charge in [-0.15, -0.1) is 0 Å². The number of carboxylic acid groups (broad SMARTS) is 1. The number of hydrogen-bond acceptors (Lipinski definition) is 6. The van der Waals surface area contributed by atoms with E-state index in [2.05, 4.69) is 16.0 Å². The van der Waals surface area contributed by atoms with Crippen LogP contribution in [0.2, 0.25) is 0 Å². The van der Waals surface area contributed by atoms with E-state index < -0.39 is 47.6 Å². The van der Waals surface area contributed by atoms with Gasteiger partial charge in [-0.1, -0.05) is 26.0 Å². The van der Waals surface area contributed by atoms with Crippen molar-refractivity contribution in [1.82, 2.24) is 16.0 Å². The Morgan fingerprint density at radius 3 is 2.31 bits per heavy atom. The van der Waals surface area contributed by atoms with Gasteiger partial charge in [-0.3, -0.25) is 9.59 Å². The van der Waals surface area contributed by atoms with Gasteiger partial charge < -0.3 is 30.5 Å². The molecule has 0 saturated carbocycles. The summed E-state index contributed by atoms with van der Waals surface area (Å²) in [5.41, 5.74) is -0.0200. The van der Waals surface area contributed by atoms with Gasteiger partial charge in [0.1, 0.15) is 29.5 Å². The summed E-state index contributed by atoms with van der Waals surface area (Å²) in [5, 5.41) is 17.5. The summed E-state index contributed by atoms with van der Waals surface area (Å²) in [6.07, 6.45) is 0.846. The maximum absolute atomic E-state index is 13.1. The summed E-state index contributed by atoms with van der Waals surface area (Å²) in [6, 6.07) is 3.92. The number of carbonyl (C=O) groups is 4. The molecule has 0 spiro atoms. The maximum atomic E-state index is 13.1. The number of alkyl carbamates (subject to hydrolysis) is 1. The number of ether oxygens (including phenoxy) is 2. The molecule has 194 valence electrons. The number of aliphatic carboxylic acids is 1. The lowest BCUT2D eigenvalue weighted by atomic mass is 10.0. The van der Waals surface area contributed by atoms with Gasteiger partial charge in [-0.2, -0.15) is 0 Å². The molecule has 10 nitrogen and oxygen atoms in total. The fourth-order valence-electron chi connectivity index (χ4n) is 3.57. The van der Waals surface area contributed by atoms with Gasteiger partial charge in [-0.05, 0) is 63.6 Å². The largest absolute Gasteiger partial charge is 0.494 e. The van der Waals surface area contributed by atoms with Crippen LogP contribution in [0.3, 0.4) is 0 Å². The summed E-state index contributed by atoms with van der Waals surface area (Å²) in [6.45, 7) is 9.05. The van der Waals surface area contributed by atoms with E-state index in [1.54, 1.807) is 58.9 Å². The minimum atomic E-state index is -1.19.